The topological polar surface area (TPSA) is 81.1 Å². The van der Waals surface area contributed by atoms with Gasteiger partial charge in [-0.05, 0) is 11.5 Å². The van der Waals surface area contributed by atoms with Crippen LogP contribution in [0.4, 0.5) is 8.78 Å². The number of nitrogens with zero attached hydrogens (tertiary/aromatic N) is 2. The maximum absolute atomic E-state index is 14.0. The van der Waals surface area contributed by atoms with E-state index in [0.29, 0.717) is 0 Å². The number of hydrazine groups is 1. The molecule has 1 heterocycles. The summed E-state index contributed by atoms with van der Waals surface area (Å²) in [5.41, 5.74) is -1.49. The molecule has 2 rings (SSSR count). The van der Waals surface area contributed by atoms with Crippen LogP contribution in [0.5, 0.6) is 0 Å². The van der Waals surface area contributed by atoms with Crippen molar-refractivity contribution < 1.29 is 28.6 Å². The van der Waals surface area contributed by atoms with Crippen molar-refractivity contribution in [3.63, 3.8) is 0 Å². The quantitative estimate of drug-likeness (QED) is 0.815. The lowest BCUT2D eigenvalue weighted by Gasteiger charge is -2.46. The highest BCUT2D eigenvalue weighted by Crippen LogP contribution is 2.35. The van der Waals surface area contributed by atoms with E-state index in [1.54, 1.807) is 20.8 Å². The van der Waals surface area contributed by atoms with E-state index in [1.807, 2.05) is 0 Å². The molecule has 2 N–H and O–H groups in total. The van der Waals surface area contributed by atoms with Crippen molar-refractivity contribution in [2.75, 3.05) is 7.05 Å². The van der Waals surface area contributed by atoms with Gasteiger partial charge < -0.3 is 10.2 Å². The first-order valence-electron chi connectivity index (χ1n) is 7.60. The molecule has 0 aromatic heterocycles. The van der Waals surface area contributed by atoms with Crippen LogP contribution in [0.3, 0.4) is 0 Å². The molecule has 136 valence electrons. The van der Waals surface area contributed by atoms with Gasteiger partial charge in [-0.15, -0.1) is 0 Å². The fourth-order valence-corrected chi connectivity index (χ4v) is 3.02. The number of rotatable bonds is 3. The second-order valence-electron chi connectivity index (χ2n) is 6.98. The van der Waals surface area contributed by atoms with E-state index in [1.165, 1.54) is 24.2 Å². The van der Waals surface area contributed by atoms with Gasteiger partial charge in [0.25, 0.3) is 5.91 Å². The number of carboxylic acid groups (broad SMARTS) is 1. The smallest absolute Gasteiger partial charge is 0.344 e. The Morgan fingerprint density at radius 3 is 2.40 bits per heavy atom. The summed E-state index contributed by atoms with van der Waals surface area (Å²) in [7, 11) is 1.49. The highest BCUT2D eigenvalue weighted by Gasteiger charge is 2.46. The van der Waals surface area contributed by atoms with Crippen LogP contribution in [-0.4, -0.2) is 45.2 Å². The van der Waals surface area contributed by atoms with Crippen molar-refractivity contribution in [1.82, 2.24) is 10.0 Å². The average Bonchev–Trinajstić information content (AvgIpc) is 2.45. The third-order valence-corrected chi connectivity index (χ3v) is 4.10. The van der Waals surface area contributed by atoms with E-state index in [4.69, 9.17) is 0 Å². The summed E-state index contributed by atoms with van der Waals surface area (Å²) < 4.78 is 27.4. The van der Waals surface area contributed by atoms with Crippen molar-refractivity contribution in [2.45, 2.75) is 33.4 Å². The molecule has 0 unspecified atom stereocenters. The second kappa shape index (κ2) is 6.44. The Bertz CT molecular complexity index is 756. The summed E-state index contributed by atoms with van der Waals surface area (Å²) in [4.78, 5) is 24.0. The third kappa shape index (κ3) is 3.34. The molecule has 0 radical (unpaired) electrons. The fraction of sp³-hybridized carbons (Fsp3) is 0.412. The Morgan fingerprint density at radius 2 is 1.88 bits per heavy atom. The van der Waals surface area contributed by atoms with Gasteiger partial charge in [0.1, 0.15) is 5.76 Å². The van der Waals surface area contributed by atoms with Gasteiger partial charge in [-0.3, -0.25) is 9.80 Å². The number of halogens is 2. The van der Waals surface area contributed by atoms with E-state index in [9.17, 15) is 28.6 Å². The number of aliphatic hydroxyl groups excluding tert-OH is 1. The van der Waals surface area contributed by atoms with E-state index < -0.39 is 46.3 Å². The molecule has 25 heavy (non-hydrogen) atoms. The van der Waals surface area contributed by atoms with E-state index in [-0.39, 0.29) is 12.1 Å². The molecule has 1 atom stereocenters. The van der Waals surface area contributed by atoms with Gasteiger partial charge in [-0.25, -0.2) is 18.6 Å². The van der Waals surface area contributed by atoms with Crippen molar-refractivity contribution >= 4 is 11.9 Å². The van der Waals surface area contributed by atoms with Gasteiger partial charge in [-0.1, -0.05) is 32.9 Å². The van der Waals surface area contributed by atoms with Crippen molar-refractivity contribution in [1.29, 1.82) is 0 Å². The van der Waals surface area contributed by atoms with E-state index in [0.717, 1.165) is 11.1 Å². The summed E-state index contributed by atoms with van der Waals surface area (Å²) >= 11 is 0. The molecule has 0 saturated carbocycles. The largest absolute Gasteiger partial charge is 0.509 e. The number of carbonyl (C=O) groups is 2. The number of carboxylic acids is 1. The van der Waals surface area contributed by atoms with Crippen LogP contribution in [0, 0.1) is 17.0 Å². The summed E-state index contributed by atoms with van der Waals surface area (Å²) in [6, 6.07) is 2.74. The third-order valence-electron chi connectivity index (χ3n) is 4.10. The molecular weight excluding hydrogens is 334 g/mol. The Labute approximate surface area is 143 Å². The van der Waals surface area contributed by atoms with E-state index >= 15 is 0 Å². The highest BCUT2D eigenvalue weighted by molar-refractivity contribution is 6.16. The Kier molecular flexibility index (Phi) is 4.85. The van der Waals surface area contributed by atoms with E-state index in [2.05, 4.69) is 0 Å². The number of carbonyl (C=O) groups excluding carboxylic acids is 1. The SMILES string of the molecule is CN1[C@@H](C(C)(C)C)C(O)=C(C(=O)O)C(=O)N1Cc1cccc(F)c1F. The number of amides is 1. The first kappa shape index (κ1) is 18.9. The molecule has 1 aromatic rings. The van der Waals surface area contributed by atoms with Gasteiger partial charge in [0.15, 0.2) is 17.2 Å². The standard InChI is InChI=1S/C17H20F2N2O4/c1-17(2,3)14-13(22)11(16(24)25)15(23)21(20(14)4)8-9-6-5-7-10(18)12(9)19/h5-7,14,22H,8H2,1-4H3,(H,24,25)/t14-/m1/s1. The first-order chi connectivity index (χ1) is 11.5. The minimum atomic E-state index is -1.57. The molecule has 6 nitrogen and oxygen atoms in total. The summed E-state index contributed by atoms with van der Waals surface area (Å²) in [5.74, 6) is -5.28. The van der Waals surface area contributed by atoms with Gasteiger partial charge in [0.2, 0.25) is 0 Å². The van der Waals surface area contributed by atoms with Gasteiger partial charge >= 0.3 is 5.97 Å². The number of aliphatic carboxylic acids is 1. The molecule has 0 bridgehead atoms. The van der Waals surface area contributed by atoms with Crippen LogP contribution >= 0.6 is 0 Å². The first-order valence-corrected chi connectivity index (χ1v) is 7.60. The van der Waals surface area contributed by atoms with Crippen LogP contribution in [0.2, 0.25) is 0 Å². The maximum Gasteiger partial charge on any atom is 0.344 e. The lowest BCUT2D eigenvalue weighted by molar-refractivity contribution is -0.160. The lowest BCUT2D eigenvalue weighted by atomic mass is 9.82. The average molecular weight is 354 g/mol. The zero-order chi connectivity index (χ0) is 19.1. The number of likely N-dealkylation sites (N-methyl/N-ethyl adjacent to an activating group) is 1. The maximum atomic E-state index is 14.0. The van der Waals surface area contributed by atoms with Gasteiger partial charge in [-0.2, -0.15) is 0 Å². The lowest BCUT2D eigenvalue weighted by Crippen LogP contribution is -2.59. The molecule has 0 spiro atoms. The van der Waals surface area contributed by atoms with Crippen LogP contribution in [-0.2, 0) is 16.1 Å². The number of benzene rings is 1. The molecule has 1 aliphatic rings. The highest BCUT2D eigenvalue weighted by atomic mass is 19.2. The van der Waals surface area contributed by atoms with Crippen LogP contribution in [0.1, 0.15) is 26.3 Å². The molecule has 0 aliphatic carbocycles. The monoisotopic (exact) mass is 354 g/mol. The molecule has 0 saturated heterocycles. The van der Waals surface area contributed by atoms with Crippen LogP contribution in [0.25, 0.3) is 0 Å². The van der Waals surface area contributed by atoms with Crippen molar-refractivity contribution in [3.8, 4) is 0 Å². The molecule has 8 heteroatoms. The minimum Gasteiger partial charge on any atom is -0.509 e. The predicted octanol–water partition coefficient (Wildman–Crippen LogP) is 2.47. The molecule has 1 aliphatic heterocycles. The molecule has 1 aromatic carbocycles. The van der Waals surface area contributed by atoms with Gasteiger partial charge in [0, 0.05) is 12.6 Å². The number of hydrogen-bond donors (Lipinski definition) is 2. The number of aliphatic hydroxyl groups is 1. The second-order valence-corrected chi connectivity index (χ2v) is 6.98. The van der Waals surface area contributed by atoms with Crippen molar-refractivity contribution in [3.05, 3.63) is 46.7 Å². The fourth-order valence-electron chi connectivity index (χ4n) is 3.02. The number of hydrogen-bond acceptors (Lipinski definition) is 4. The van der Waals surface area contributed by atoms with Gasteiger partial charge in [0.05, 0.1) is 12.6 Å². The summed E-state index contributed by atoms with van der Waals surface area (Å²) in [6.07, 6.45) is 0. The zero-order valence-corrected chi connectivity index (χ0v) is 14.4. The normalized spacial score (nSPS) is 19.5. The Morgan fingerprint density at radius 1 is 1.28 bits per heavy atom. The van der Waals surface area contributed by atoms with Crippen LogP contribution < -0.4 is 0 Å². The van der Waals surface area contributed by atoms with Crippen LogP contribution in [0.15, 0.2) is 29.5 Å². The summed E-state index contributed by atoms with van der Waals surface area (Å²) in [6.45, 7) is 4.93. The van der Waals surface area contributed by atoms with Crippen molar-refractivity contribution in [2.24, 2.45) is 5.41 Å². The molecule has 1 amide bonds. The minimum absolute atomic E-state index is 0.0982. The molecular formula is C17H20F2N2O4. The zero-order valence-electron chi connectivity index (χ0n) is 14.4. The Balaban J connectivity index is 2.53. The molecule has 0 fully saturated rings. The predicted molar refractivity (Wildman–Crippen MR) is 85.2 cm³/mol. The Hall–Kier alpha value is -2.48. The summed E-state index contributed by atoms with van der Waals surface area (Å²) in [5, 5.41) is 22.0.